The van der Waals surface area contributed by atoms with E-state index in [4.69, 9.17) is 0 Å². The zero-order valence-corrected chi connectivity index (χ0v) is 16.0. The predicted molar refractivity (Wildman–Crippen MR) is 119 cm³/mol. The van der Waals surface area contributed by atoms with E-state index in [2.05, 4.69) is 60.9 Å². The number of anilines is 2. The molecular formula is C24H18N6. The number of aromatic nitrogens is 4. The second kappa shape index (κ2) is 6.70. The van der Waals surface area contributed by atoms with Crippen molar-refractivity contribution in [2.45, 2.75) is 6.17 Å². The summed E-state index contributed by atoms with van der Waals surface area (Å²) in [5.74, 6) is 0.778. The first-order chi connectivity index (χ1) is 14.8. The summed E-state index contributed by atoms with van der Waals surface area (Å²) < 4.78 is 0. The van der Waals surface area contributed by atoms with Gasteiger partial charge in [0.25, 0.3) is 0 Å². The van der Waals surface area contributed by atoms with Crippen molar-refractivity contribution in [3.63, 3.8) is 0 Å². The van der Waals surface area contributed by atoms with E-state index in [9.17, 15) is 0 Å². The maximum absolute atomic E-state index is 4.67. The van der Waals surface area contributed by atoms with Gasteiger partial charge in [-0.15, -0.1) is 0 Å². The second-order valence-electron chi connectivity index (χ2n) is 7.27. The van der Waals surface area contributed by atoms with Crippen molar-refractivity contribution in [2.24, 2.45) is 0 Å². The number of nitrogens with zero attached hydrogens (tertiary/aromatic N) is 3. The second-order valence-corrected chi connectivity index (χ2v) is 7.27. The van der Waals surface area contributed by atoms with Crippen molar-refractivity contribution < 1.29 is 0 Å². The van der Waals surface area contributed by atoms with Gasteiger partial charge in [-0.1, -0.05) is 24.3 Å². The van der Waals surface area contributed by atoms with Crippen LogP contribution < -0.4 is 10.6 Å². The number of nitrogens with one attached hydrogen (secondary N) is 3. The molecule has 5 aromatic rings. The highest BCUT2D eigenvalue weighted by Crippen LogP contribution is 2.38. The molecular weight excluding hydrogens is 372 g/mol. The number of pyridine rings is 2. The van der Waals surface area contributed by atoms with Crippen molar-refractivity contribution >= 4 is 22.4 Å². The molecule has 1 atom stereocenters. The number of hydrogen-bond donors (Lipinski definition) is 3. The lowest BCUT2D eigenvalue weighted by Gasteiger charge is -2.10. The topological polar surface area (TPSA) is 78.5 Å². The molecule has 0 spiro atoms. The minimum absolute atomic E-state index is 0.0209. The molecule has 144 valence electrons. The van der Waals surface area contributed by atoms with Gasteiger partial charge in [0.1, 0.15) is 11.9 Å². The molecule has 0 saturated carbocycles. The Hall–Kier alpha value is -4.19. The maximum atomic E-state index is 4.67. The smallest absolute Gasteiger partial charge is 0.157 e. The normalized spacial score (nSPS) is 14.9. The largest absolute Gasteiger partial charge is 0.359 e. The van der Waals surface area contributed by atoms with Crippen molar-refractivity contribution in [3.8, 4) is 22.6 Å². The van der Waals surface area contributed by atoms with Crippen LogP contribution in [0.3, 0.4) is 0 Å². The van der Waals surface area contributed by atoms with Crippen molar-refractivity contribution in [2.75, 3.05) is 10.6 Å². The zero-order chi connectivity index (χ0) is 19.9. The van der Waals surface area contributed by atoms with Gasteiger partial charge >= 0.3 is 0 Å². The quantitative estimate of drug-likeness (QED) is 0.393. The van der Waals surface area contributed by atoms with Crippen LogP contribution in [-0.2, 0) is 0 Å². The van der Waals surface area contributed by atoms with Gasteiger partial charge in [-0.05, 0) is 59.7 Å². The molecule has 0 aliphatic carbocycles. The molecule has 6 rings (SSSR count). The first-order valence-electron chi connectivity index (χ1n) is 9.83. The van der Waals surface area contributed by atoms with Gasteiger partial charge in [0.05, 0.1) is 28.1 Å². The van der Waals surface area contributed by atoms with Gasteiger partial charge in [0, 0.05) is 12.4 Å². The molecule has 0 saturated heterocycles. The fraction of sp³-hybridized carbons (Fsp3) is 0.0417. The van der Waals surface area contributed by atoms with Gasteiger partial charge < -0.3 is 15.6 Å². The summed E-state index contributed by atoms with van der Waals surface area (Å²) >= 11 is 0. The van der Waals surface area contributed by atoms with E-state index >= 15 is 0 Å². The average Bonchev–Trinajstić information content (AvgIpc) is 3.43. The number of fused-ring (bicyclic) bond motifs is 2. The summed E-state index contributed by atoms with van der Waals surface area (Å²) in [4.78, 5) is 16.9. The summed E-state index contributed by atoms with van der Waals surface area (Å²) in [6.45, 7) is 0. The molecule has 30 heavy (non-hydrogen) atoms. The summed E-state index contributed by atoms with van der Waals surface area (Å²) in [6.07, 6.45) is 3.57. The first-order valence-corrected chi connectivity index (χ1v) is 9.83. The van der Waals surface area contributed by atoms with Crippen LogP contribution >= 0.6 is 0 Å². The summed E-state index contributed by atoms with van der Waals surface area (Å²) in [7, 11) is 0. The van der Waals surface area contributed by atoms with Crippen molar-refractivity contribution in [1.29, 1.82) is 0 Å². The third-order valence-corrected chi connectivity index (χ3v) is 5.33. The molecule has 0 bridgehead atoms. The van der Waals surface area contributed by atoms with Crippen molar-refractivity contribution in [1.82, 2.24) is 19.9 Å². The SMILES string of the molecule is c1ccc(-c2nc3ccc(-c4ccc5c(c4)NC(c4ccccn4)N5)cc3[nH]2)nc1. The molecule has 3 N–H and O–H groups in total. The predicted octanol–water partition coefficient (Wildman–Crippen LogP) is 5.22. The van der Waals surface area contributed by atoms with Crippen LogP contribution in [0.15, 0.2) is 85.2 Å². The van der Waals surface area contributed by atoms with E-state index in [1.165, 1.54) is 0 Å². The summed E-state index contributed by atoms with van der Waals surface area (Å²) in [5.41, 5.74) is 8.14. The first kappa shape index (κ1) is 16.7. The number of H-pyrrole nitrogens is 1. The highest BCUT2D eigenvalue weighted by molar-refractivity contribution is 5.87. The Balaban J connectivity index is 1.32. The molecule has 0 fully saturated rings. The van der Waals surface area contributed by atoms with Gasteiger partial charge in [-0.3, -0.25) is 9.97 Å². The van der Waals surface area contributed by atoms with Crippen LogP contribution in [0.4, 0.5) is 11.4 Å². The summed E-state index contributed by atoms with van der Waals surface area (Å²) in [6, 6.07) is 24.4. The standard InChI is InChI=1S/C24H18N6/c1-3-11-25-19(5-1)23-27-17-9-7-15(13-21(17)29-23)16-8-10-18-22(14-16)30-24(28-18)20-6-2-4-12-26-20/h1-14,23,27,29H,(H,28,30). The van der Waals surface area contributed by atoms with E-state index in [-0.39, 0.29) is 6.17 Å². The Morgan fingerprint density at radius 3 is 2.33 bits per heavy atom. The Labute approximate surface area is 173 Å². The number of hydrogen-bond acceptors (Lipinski definition) is 5. The molecule has 0 amide bonds. The van der Waals surface area contributed by atoms with Gasteiger partial charge in [0.2, 0.25) is 0 Å². The third-order valence-electron chi connectivity index (χ3n) is 5.33. The Morgan fingerprint density at radius 2 is 1.50 bits per heavy atom. The lowest BCUT2D eigenvalue weighted by molar-refractivity contribution is 0.886. The van der Waals surface area contributed by atoms with E-state index in [0.717, 1.165) is 50.7 Å². The van der Waals surface area contributed by atoms with Crippen LogP contribution in [-0.4, -0.2) is 19.9 Å². The number of aromatic amines is 1. The highest BCUT2D eigenvalue weighted by atomic mass is 15.2. The van der Waals surface area contributed by atoms with Crippen LogP contribution in [0.5, 0.6) is 0 Å². The summed E-state index contributed by atoms with van der Waals surface area (Å²) in [5, 5.41) is 7.01. The Kier molecular flexibility index (Phi) is 3.74. The molecule has 3 aromatic heterocycles. The molecule has 6 nitrogen and oxygen atoms in total. The van der Waals surface area contributed by atoms with E-state index in [1.807, 2.05) is 48.7 Å². The van der Waals surface area contributed by atoms with E-state index in [0.29, 0.717) is 0 Å². The monoisotopic (exact) mass is 390 g/mol. The number of imidazole rings is 1. The fourth-order valence-electron chi connectivity index (χ4n) is 3.82. The van der Waals surface area contributed by atoms with Crippen LogP contribution in [0.25, 0.3) is 33.7 Å². The van der Waals surface area contributed by atoms with Gasteiger partial charge in [0.15, 0.2) is 5.82 Å². The average molecular weight is 390 g/mol. The maximum Gasteiger partial charge on any atom is 0.157 e. The van der Waals surface area contributed by atoms with Crippen LogP contribution in [0, 0.1) is 0 Å². The zero-order valence-electron chi connectivity index (χ0n) is 16.0. The molecule has 6 heteroatoms. The number of rotatable bonds is 3. The van der Waals surface area contributed by atoms with Crippen LogP contribution in [0.2, 0.25) is 0 Å². The highest BCUT2D eigenvalue weighted by Gasteiger charge is 2.22. The Morgan fingerprint density at radius 1 is 0.700 bits per heavy atom. The Bertz CT molecular complexity index is 1340. The van der Waals surface area contributed by atoms with E-state index in [1.54, 1.807) is 6.20 Å². The third kappa shape index (κ3) is 2.86. The lowest BCUT2D eigenvalue weighted by atomic mass is 10.0. The lowest BCUT2D eigenvalue weighted by Crippen LogP contribution is -2.13. The fourth-order valence-corrected chi connectivity index (χ4v) is 3.82. The van der Waals surface area contributed by atoms with Gasteiger partial charge in [-0.25, -0.2) is 4.98 Å². The molecule has 0 radical (unpaired) electrons. The molecule has 1 unspecified atom stereocenters. The molecule has 2 aromatic carbocycles. The minimum Gasteiger partial charge on any atom is -0.359 e. The molecule has 1 aliphatic heterocycles. The number of benzene rings is 2. The van der Waals surface area contributed by atoms with E-state index < -0.39 is 0 Å². The minimum atomic E-state index is -0.0209. The molecule has 1 aliphatic rings. The van der Waals surface area contributed by atoms with Gasteiger partial charge in [-0.2, -0.15) is 0 Å². The molecule has 4 heterocycles. The van der Waals surface area contributed by atoms with Crippen molar-refractivity contribution in [3.05, 3.63) is 90.9 Å². The van der Waals surface area contributed by atoms with Crippen LogP contribution in [0.1, 0.15) is 11.9 Å².